The fraction of sp³-hybridized carbons (Fsp3) is 0.412. The van der Waals surface area contributed by atoms with Crippen molar-refractivity contribution >= 4 is 5.82 Å². The van der Waals surface area contributed by atoms with Gasteiger partial charge in [0.15, 0.2) is 0 Å². The highest BCUT2D eigenvalue weighted by Crippen LogP contribution is 2.35. The van der Waals surface area contributed by atoms with Crippen molar-refractivity contribution in [2.75, 3.05) is 5.73 Å². The Balaban J connectivity index is 1.94. The van der Waals surface area contributed by atoms with Gasteiger partial charge < -0.3 is 5.73 Å². The minimum absolute atomic E-state index is 0.250. The molecular weight excluding hydrogens is 279 g/mol. The van der Waals surface area contributed by atoms with Gasteiger partial charge in [0.05, 0.1) is 12.2 Å². The summed E-state index contributed by atoms with van der Waals surface area (Å²) in [6.07, 6.45) is 5.66. The third-order valence-electron chi connectivity index (χ3n) is 4.40. The molecule has 2 N–H and O–H groups in total. The van der Waals surface area contributed by atoms with Crippen LogP contribution in [0.3, 0.4) is 0 Å². The Morgan fingerprint density at radius 1 is 1.27 bits per heavy atom. The van der Waals surface area contributed by atoms with Crippen LogP contribution in [0.5, 0.6) is 0 Å². The Bertz CT molecular complexity index is 708. The minimum atomic E-state index is -0.282. The number of benzene rings is 1. The topological polar surface area (TPSA) is 67.6 Å². The maximum absolute atomic E-state index is 13.8. The quantitative estimate of drug-likeness (QED) is 0.941. The summed E-state index contributed by atoms with van der Waals surface area (Å²) in [4.78, 5) is 0. The van der Waals surface area contributed by atoms with Crippen LogP contribution in [0.1, 0.15) is 54.8 Å². The number of halogens is 1. The maximum atomic E-state index is 13.8. The van der Waals surface area contributed by atoms with Gasteiger partial charge in [0, 0.05) is 11.5 Å². The molecule has 0 amide bonds. The molecule has 1 fully saturated rings. The first-order valence-corrected chi connectivity index (χ1v) is 7.70. The maximum Gasteiger partial charge on any atom is 0.140 e. The number of aromatic nitrogens is 2. The first-order valence-electron chi connectivity index (χ1n) is 7.70. The van der Waals surface area contributed by atoms with Gasteiger partial charge in [-0.25, -0.2) is 9.07 Å². The molecule has 1 aliphatic carbocycles. The number of nitriles is 1. The average Bonchev–Trinajstić information content (AvgIpc) is 2.86. The van der Waals surface area contributed by atoms with E-state index in [9.17, 15) is 9.65 Å². The summed E-state index contributed by atoms with van der Waals surface area (Å²) in [5.74, 6) is 0.356. The smallest absolute Gasteiger partial charge is 0.140 e. The van der Waals surface area contributed by atoms with Crippen LogP contribution in [0.25, 0.3) is 0 Å². The summed E-state index contributed by atoms with van der Waals surface area (Å²) in [7, 11) is 0. The van der Waals surface area contributed by atoms with Gasteiger partial charge in [-0.1, -0.05) is 37.5 Å². The van der Waals surface area contributed by atoms with Gasteiger partial charge in [0.25, 0.3) is 0 Å². The molecule has 0 aliphatic heterocycles. The van der Waals surface area contributed by atoms with Gasteiger partial charge in [-0.05, 0) is 18.9 Å². The highest BCUT2D eigenvalue weighted by atomic mass is 19.1. The second kappa shape index (κ2) is 6.18. The Hall–Kier alpha value is -2.35. The molecule has 1 heterocycles. The fourth-order valence-electron chi connectivity index (χ4n) is 3.18. The molecule has 3 rings (SSSR count). The zero-order valence-corrected chi connectivity index (χ0v) is 12.4. The summed E-state index contributed by atoms with van der Waals surface area (Å²) < 4.78 is 15.4. The zero-order valence-electron chi connectivity index (χ0n) is 12.4. The Morgan fingerprint density at radius 3 is 2.68 bits per heavy atom. The molecule has 22 heavy (non-hydrogen) atoms. The summed E-state index contributed by atoms with van der Waals surface area (Å²) >= 11 is 0. The molecule has 5 heteroatoms. The first kappa shape index (κ1) is 14.6. The molecule has 1 aliphatic rings. The summed E-state index contributed by atoms with van der Waals surface area (Å²) in [5.41, 5.74) is 7.85. The lowest BCUT2D eigenvalue weighted by molar-refractivity contribution is 0.432. The van der Waals surface area contributed by atoms with E-state index in [0.29, 0.717) is 22.9 Å². The van der Waals surface area contributed by atoms with Crippen molar-refractivity contribution in [1.29, 1.82) is 5.26 Å². The molecule has 0 bridgehead atoms. The van der Waals surface area contributed by atoms with Crippen molar-refractivity contribution in [2.45, 2.75) is 44.6 Å². The third-order valence-corrected chi connectivity index (χ3v) is 4.40. The molecule has 1 aromatic carbocycles. The first-order chi connectivity index (χ1) is 10.7. The van der Waals surface area contributed by atoms with Crippen LogP contribution in [0, 0.1) is 17.1 Å². The molecule has 4 nitrogen and oxygen atoms in total. The second-order valence-electron chi connectivity index (χ2n) is 5.84. The molecule has 1 saturated carbocycles. The van der Waals surface area contributed by atoms with Gasteiger partial charge in [-0.15, -0.1) is 0 Å². The third kappa shape index (κ3) is 2.69. The molecule has 2 aromatic rings. The zero-order chi connectivity index (χ0) is 15.5. The van der Waals surface area contributed by atoms with E-state index in [1.807, 2.05) is 0 Å². The lowest BCUT2D eigenvalue weighted by Gasteiger charge is -2.19. The highest BCUT2D eigenvalue weighted by Gasteiger charge is 2.25. The van der Waals surface area contributed by atoms with Crippen LogP contribution in [-0.4, -0.2) is 9.78 Å². The Labute approximate surface area is 129 Å². The fourth-order valence-corrected chi connectivity index (χ4v) is 3.18. The van der Waals surface area contributed by atoms with Crippen LogP contribution < -0.4 is 5.73 Å². The van der Waals surface area contributed by atoms with Gasteiger partial charge in [-0.3, -0.25) is 0 Å². The predicted octanol–water partition coefficient (Wildman–Crippen LogP) is 3.57. The number of nitrogens with zero attached hydrogens (tertiary/aromatic N) is 3. The van der Waals surface area contributed by atoms with Crippen LogP contribution >= 0.6 is 0 Å². The molecule has 114 valence electrons. The summed E-state index contributed by atoms with van der Waals surface area (Å²) in [5, 5.41) is 13.9. The van der Waals surface area contributed by atoms with E-state index < -0.39 is 0 Å². The molecule has 0 unspecified atom stereocenters. The number of rotatable bonds is 3. The van der Waals surface area contributed by atoms with Crippen LogP contribution in [0.15, 0.2) is 24.3 Å². The molecular formula is C17H19FN4. The van der Waals surface area contributed by atoms with E-state index in [0.717, 1.165) is 31.4 Å². The van der Waals surface area contributed by atoms with E-state index >= 15 is 0 Å². The number of anilines is 1. The lowest BCUT2D eigenvalue weighted by atomic mass is 9.85. The predicted molar refractivity (Wildman–Crippen MR) is 82.7 cm³/mol. The Morgan fingerprint density at radius 2 is 2.00 bits per heavy atom. The van der Waals surface area contributed by atoms with Crippen LogP contribution in [0.4, 0.5) is 10.2 Å². The Kier molecular flexibility index (Phi) is 4.10. The van der Waals surface area contributed by atoms with Gasteiger partial charge in [-0.2, -0.15) is 10.4 Å². The molecule has 0 spiro atoms. The SMILES string of the molecule is N#Cc1c(C2CCCCC2)nn(Cc2ccccc2F)c1N. The number of nitrogens with two attached hydrogens (primary N) is 1. The van der Waals surface area contributed by atoms with E-state index in [2.05, 4.69) is 11.2 Å². The monoisotopic (exact) mass is 298 g/mol. The summed E-state index contributed by atoms with van der Waals surface area (Å²) in [6.45, 7) is 0.250. The normalized spacial score (nSPS) is 15.6. The van der Waals surface area contributed by atoms with Gasteiger partial charge in [0.2, 0.25) is 0 Å². The number of hydrogen-bond donors (Lipinski definition) is 1. The average molecular weight is 298 g/mol. The number of nitrogen functional groups attached to an aromatic ring is 1. The molecule has 0 atom stereocenters. The van der Waals surface area contributed by atoms with Crippen LogP contribution in [-0.2, 0) is 6.54 Å². The lowest BCUT2D eigenvalue weighted by Crippen LogP contribution is -2.09. The van der Waals surface area contributed by atoms with Crippen molar-refractivity contribution in [3.8, 4) is 6.07 Å². The largest absolute Gasteiger partial charge is 0.383 e. The van der Waals surface area contributed by atoms with Crippen molar-refractivity contribution < 1.29 is 4.39 Å². The molecule has 0 saturated heterocycles. The molecule has 1 aromatic heterocycles. The van der Waals surface area contributed by atoms with E-state index in [1.54, 1.807) is 22.9 Å². The summed E-state index contributed by atoms with van der Waals surface area (Å²) in [6, 6.07) is 8.75. The minimum Gasteiger partial charge on any atom is -0.383 e. The van der Waals surface area contributed by atoms with Crippen molar-refractivity contribution in [3.63, 3.8) is 0 Å². The van der Waals surface area contributed by atoms with Crippen molar-refractivity contribution in [1.82, 2.24) is 9.78 Å². The standard InChI is InChI=1S/C17H19FN4/c18-15-9-5-4-8-13(15)11-22-17(20)14(10-19)16(21-22)12-6-2-1-3-7-12/h4-5,8-9,12H,1-3,6-7,11,20H2. The van der Waals surface area contributed by atoms with Crippen LogP contribution in [0.2, 0.25) is 0 Å². The van der Waals surface area contributed by atoms with Gasteiger partial charge >= 0.3 is 0 Å². The highest BCUT2D eigenvalue weighted by molar-refractivity contribution is 5.53. The molecule has 0 radical (unpaired) electrons. The van der Waals surface area contributed by atoms with Gasteiger partial charge in [0.1, 0.15) is 23.3 Å². The van der Waals surface area contributed by atoms with Crippen molar-refractivity contribution in [3.05, 3.63) is 46.9 Å². The second-order valence-corrected chi connectivity index (χ2v) is 5.84. The number of hydrogen-bond acceptors (Lipinski definition) is 3. The van der Waals surface area contributed by atoms with Crippen molar-refractivity contribution in [2.24, 2.45) is 0 Å². The van der Waals surface area contributed by atoms with E-state index in [-0.39, 0.29) is 12.4 Å². The van der Waals surface area contributed by atoms with E-state index in [4.69, 9.17) is 5.73 Å². The van der Waals surface area contributed by atoms with E-state index in [1.165, 1.54) is 12.5 Å².